The molecule has 0 aromatic carbocycles. The first-order valence-corrected chi connectivity index (χ1v) is 6.42. The summed E-state index contributed by atoms with van der Waals surface area (Å²) in [4.78, 5) is 0. The van der Waals surface area contributed by atoms with Crippen molar-refractivity contribution in [1.82, 2.24) is 0 Å². The zero-order valence-electron chi connectivity index (χ0n) is 10.9. The second-order valence-electron chi connectivity index (χ2n) is 6.05. The Morgan fingerprint density at radius 1 is 1.10 bits per heavy atom. The Kier molecular flexibility index (Phi) is 3.56. The molecule has 2 saturated carbocycles. The number of hydrogen-bond donors (Lipinski definition) is 1. The van der Waals surface area contributed by atoms with E-state index in [2.05, 4.69) is 0 Å². The predicted octanol–water partition coefficient (Wildman–Crippen LogP) is 3.81. The molecular formula is C12H14F8O. The number of halogens is 8. The third kappa shape index (κ3) is 1.91. The van der Waals surface area contributed by atoms with Gasteiger partial charge in [0.2, 0.25) is 0 Å². The molecule has 5 atom stereocenters. The van der Waals surface area contributed by atoms with E-state index in [1.807, 2.05) is 0 Å². The molecule has 124 valence electrons. The van der Waals surface area contributed by atoms with E-state index in [0.717, 1.165) is 0 Å². The van der Waals surface area contributed by atoms with Gasteiger partial charge in [0.05, 0.1) is 6.67 Å². The van der Waals surface area contributed by atoms with Crippen LogP contribution in [0.5, 0.6) is 0 Å². The molecule has 5 unspecified atom stereocenters. The molecule has 0 saturated heterocycles. The van der Waals surface area contributed by atoms with Crippen molar-refractivity contribution in [1.29, 1.82) is 0 Å². The molecule has 0 aromatic heterocycles. The Bertz CT molecular complexity index is 400. The van der Waals surface area contributed by atoms with Crippen molar-refractivity contribution in [2.24, 2.45) is 23.7 Å². The molecular weight excluding hydrogens is 312 g/mol. The van der Waals surface area contributed by atoms with Crippen LogP contribution in [0.15, 0.2) is 0 Å². The van der Waals surface area contributed by atoms with Gasteiger partial charge in [-0.3, -0.25) is 4.39 Å². The van der Waals surface area contributed by atoms with E-state index in [9.17, 15) is 40.2 Å². The molecule has 1 N–H and O–H groups in total. The number of hydrogen-bond acceptors (Lipinski definition) is 1. The second-order valence-corrected chi connectivity index (χ2v) is 6.05. The van der Waals surface area contributed by atoms with Gasteiger partial charge in [0.15, 0.2) is 5.67 Å². The van der Waals surface area contributed by atoms with Crippen LogP contribution < -0.4 is 0 Å². The minimum atomic E-state index is -6.20. The van der Waals surface area contributed by atoms with Crippen LogP contribution in [-0.2, 0) is 0 Å². The molecule has 0 amide bonds. The van der Waals surface area contributed by atoms with Crippen molar-refractivity contribution >= 4 is 0 Å². The Labute approximate surface area is 115 Å². The Morgan fingerprint density at radius 3 is 1.90 bits per heavy atom. The van der Waals surface area contributed by atoms with Crippen LogP contribution in [0.2, 0.25) is 0 Å². The van der Waals surface area contributed by atoms with Crippen LogP contribution >= 0.6 is 0 Å². The van der Waals surface area contributed by atoms with Crippen LogP contribution in [0, 0.1) is 23.7 Å². The molecule has 0 heterocycles. The standard InChI is InChI=1S/C12H14F8O/c1-5-7(4-13)6-2-8(5)9(14,3-6)10(21,11(15,16)17)12(18,19)20/h5-8,21H,2-4H2,1H3. The quantitative estimate of drug-likeness (QED) is 0.765. The molecule has 2 aliphatic rings. The van der Waals surface area contributed by atoms with Crippen molar-refractivity contribution in [2.45, 2.75) is 43.4 Å². The maximum atomic E-state index is 14.8. The van der Waals surface area contributed by atoms with Gasteiger partial charge in [0.25, 0.3) is 5.60 Å². The molecule has 0 aliphatic heterocycles. The highest BCUT2D eigenvalue weighted by molar-refractivity contribution is 5.20. The second kappa shape index (κ2) is 4.45. The van der Waals surface area contributed by atoms with Gasteiger partial charge in [-0.25, -0.2) is 4.39 Å². The van der Waals surface area contributed by atoms with Gasteiger partial charge in [-0.1, -0.05) is 6.92 Å². The molecule has 9 heteroatoms. The Hall–Kier alpha value is -0.600. The molecule has 21 heavy (non-hydrogen) atoms. The Balaban J connectivity index is 2.49. The molecule has 2 aliphatic carbocycles. The lowest BCUT2D eigenvalue weighted by Gasteiger charge is -2.48. The average Bonchev–Trinajstić information content (AvgIpc) is 2.79. The van der Waals surface area contributed by atoms with Gasteiger partial charge >= 0.3 is 12.4 Å². The minimum absolute atomic E-state index is 0.277. The largest absolute Gasteiger partial charge is 0.429 e. The summed E-state index contributed by atoms with van der Waals surface area (Å²) in [6.07, 6.45) is -13.8. The maximum Gasteiger partial charge on any atom is 0.429 e. The van der Waals surface area contributed by atoms with Crippen LogP contribution in [0.1, 0.15) is 19.8 Å². The SMILES string of the molecule is CC1C(CF)C2CC1C(F)(C(O)(C(F)(F)F)C(F)(F)F)C2. The summed E-state index contributed by atoms with van der Waals surface area (Å²) in [5.41, 5.74) is -9.30. The van der Waals surface area contributed by atoms with E-state index in [-0.39, 0.29) is 6.42 Å². The monoisotopic (exact) mass is 326 g/mol. The van der Waals surface area contributed by atoms with Gasteiger partial charge in [-0.2, -0.15) is 26.3 Å². The topological polar surface area (TPSA) is 20.2 Å². The van der Waals surface area contributed by atoms with Crippen LogP contribution in [0.3, 0.4) is 0 Å². The third-order valence-electron chi connectivity index (χ3n) is 5.22. The number of rotatable bonds is 2. The molecule has 2 bridgehead atoms. The smallest absolute Gasteiger partial charge is 0.371 e. The highest BCUT2D eigenvalue weighted by Crippen LogP contribution is 2.66. The number of fused-ring (bicyclic) bond motifs is 2. The summed E-state index contributed by atoms with van der Waals surface area (Å²) in [6, 6.07) is 0. The summed E-state index contributed by atoms with van der Waals surface area (Å²) in [6.45, 7) is 0.310. The van der Waals surface area contributed by atoms with Gasteiger partial charge < -0.3 is 5.11 Å². The Morgan fingerprint density at radius 2 is 1.57 bits per heavy atom. The fourth-order valence-electron chi connectivity index (χ4n) is 4.13. The zero-order valence-corrected chi connectivity index (χ0v) is 10.9. The van der Waals surface area contributed by atoms with Gasteiger partial charge in [-0.05, 0) is 36.5 Å². The van der Waals surface area contributed by atoms with Crippen molar-refractivity contribution < 1.29 is 40.2 Å². The highest BCUT2D eigenvalue weighted by atomic mass is 19.4. The van der Waals surface area contributed by atoms with Crippen molar-refractivity contribution in [3.05, 3.63) is 0 Å². The number of alkyl halides is 8. The van der Waals surface area contributed by atoms with Crippen LogP contribution in [-0.4, -0.2) is 35.4 Å². The van der Waals surface area contributed by atoms with Crippen LogP contribution in [0.4, 0.5) is 35.1 Å². The average molecular weight is 326 g/mol. The minimum Gasteiger partial charge on any atom is -0.371 e. The molecule has 2 rings (SSSR count). The van der Waals surface area contributed by atoms with E-state index in [1.54, 1.807) is 0 Å². The van der Waals surface area contributed by atoms with E-state index < -0.39 is 60.4 Å². The molecule has 0 aromatic rings. The lowest BCUT2D eigenvalue weighted by Crippen LogP contribution is -2.71. The lowest BCUT2D eigenvalue weighted by molar-refractivity contribution is -0.410. The molecule has 1 nitrogen and oxygen atoms in total. The lowest BCUT2D eigenvalue weighted by atomic mass is 9.66. The van der Waals surface area contributed by atoms with E-state index in [1.165, 1.54) is 6.92 Å². The predicted molar refractivity (Wildman–Crippen MR) is 55.7 cm³/mol. The van der Waals surface area contributed by atoms with Gasteiger partial charge in [-0.15, -0.1) is 0 Å². The van der Waals surface area contributed by atoms with Crippen molar-refractivity contribution in [2.75, 3.05) is 6.67 Å². The number of aliphatic hydroxyl groups is 1. The summed E-state index contributed by atoms with van der Waals surface area (Å²) in [5, 5.41) is 9.32. The molecule has 0 radical (unpaired) electrons. The van der Waals surface area contributed by atoms with Crippen LogP contribution in [0.25, 0.3) is 0 Å². The normalized spacial score (nSPS) is 40.9. The zero-order chi connectivity index (χ0) is 16.4. The van der Waals surface area contributed by atoms with Gasteiger partial charge in [0.1, 0.15) is 0 Å². The first-order valence-electron chi connectivity index (χ1n) is 6.42. The van der Waals surface area contributed by atoms with E-state index in [4.69, 9.17) is 0 Å². The van der Waals surface area contributed by atoms with E-state index in [0.29, 0.717) is 0 Å². The summed E-state index contributed by atoms with van der Waals surface area (Å²) in [7, 11) is 0. The highest BCUT2D eigenvalue weighted by Gasteiger charge is 2.84. The summed E-state index contributed by atoms with van der Waals surface area (Å²) < 4.78 is 105. The summed E-state index contributed by atoms with van der Waals surface area (Å²) >= 11 is 0. The van der Waals surface area contributed by atoms with Crippen molar-refractivity contribution in [3.63, 3.8) is 0 Å². The fraction of sp³-hybridized carbons (Fsp3) is 1.00. The first-order chi connectivity index (χ1) is 9.31. The molecule has 0 spiro atoms. The van der Waals surface area contributed by atoms with Crippen molar-refractivity contribution in [3.8, 4) is 0 Å². The first kappa shape index (κ1) is 16.8. The maximum absolute atomic E-state index is 14.8. The fourth-order valence-corrected chi connectivity index (χ4v) is 4.13. The van der Waals surface area contributed by atoms with E-state index >= 15 is 0 Å². The van der Waals surface area contributed by atoms with Gasteiger partial charge in [0, 0.05) is 0 Å². The molecule has 2 fully saturated rings. The summed E-state index contributed by atoms with van der Waals surface area (Å²) in [5.74, 6) is -4.34. The third-order valence-corrected chi connectivity index (χ3v) is 5.22.